The van der Waals surface area contributed by atoms with E-state index in [4.69, 9.17) is 23.4 Å². The molecule has 9 heteroatoms. The summed E-state index contributed by atoms with van der Waals surface area (Å²) in [6.45, 7) is 15.9. The van der Waals surface area contributed by atoms with E-state index in [0.29, 0.717) is 13.2 Å². The van der Waals surface area contributed by atoms with E-state index in [2.05, 4.69) is 44.2 Å². The van der Waals surface area contributed by atoms with E-state index in [0.717, 1.165) is 5.69 Å². The highest BCUT2D eigenvalue weighted by Crippen LogP contribution is 2.44. The molecular formula is C18H31N3O5Si. The lowest BCUT2D eigenvalue weighted by Gasteiger charge is -2.38. The minimum atomic E-state index is -1.92. The van der Waals surface area contributed by atoms with E-state index in [1.54, 1.807) is 6.20 Å². The van der Waals surface area contributed by atoms with Gasteiger partial charge in [-0.3, -0.25) is 0 Å². The van der Waals surface area contributed by atoms with Crippen molar-refractivity contribution in [1.82, 2.24) is 15.0 Å². The molecule has 8 nitrogen and oxygen atoms in total. The monoisotopic (exact) mass is 397 g/mol. The zero-order chi connectivity index (χ0) is 19.6. The Morgan fingerprint density at radius 1 is 1.22 bits per heavy atom. The third-order valence-corrected chi connectivity index (χ3v) is 10.7. The minimum Gasteiger partial charge on any atom is -0.415 e. The van der Waals surface area contributed by atoms with Crippen molar-refractivity contribution < 1.29 is 23.4 Å². The highest BCUT2D eigenvalue weighted by atomic mass is 28.4. The zero-order valence-electron chi connectivity index (χ0n) is 17.3. The van der Waals surface area contributed by atoms with Crippen LogP contribution in [0.4, 0.5) is 0 Å². The fraction of sp³-hybridized carbons (Fsp3) is 0.889. The summed E-state index contributed by atoms with van der Waals surface area (Å²) < 4.78 is 32.8. The van der Waals surface area contributed by atoms with Gasteiger partial charge in [0.25, 0.3) is 0 Å². The van der Waals surface area contributed by atoms with Gasteiger partial charge in [0.2, 0.25) is 0 Å². The Hall–Kier alpha value is -0.843. The maximum Gasteiger partial charge on any atom is 0.192 e. The van der Waals surface area contributed by atoms with Gasteiger partial charge < -0.3 is 23.4 Å². The van der Waals surface area contributed by atoms with Crippen molar-refractivity contribution in [3.63, 3.8) is 0 Å². The second kappa shape index (κ2) is 6.33. The lowest BCUT2D eigenvalue weighted by Crippen LogP contribution is -2.45. The number of nitrogens with zero attached hydrogens (tertiary/aromatic N) is 3. The molecule has 0 amide bonds. The van der Waals surface area contributed by atoms with Crippen LogP contribution in [-0.2, 0) is 30.0 Å². The van der Waals surface area contributed by atoms with Crippen LogP contribution in [0.25, 0.3) is 0 Å². The standard InChI is InChI=1S/C18H31N3O5Si/c1-17(2,3)27(6,7)23-10-12-13-14(22-9-11-8-19-20-21(11)12)15-16(24-13)26-18(4,5)25-15/h8,12-16H,9-10H2,1-7H3/t12-,13+,14-,15+,16+/m0/s1. The van der Waals surface area contributed by atoms with Crippen LogP contribution >= 0.6 is 0 Å². The molecule has 0 aliphatic carbocycles. The van der Waals surface area contributed by atoms with Crippen molar-refractivity contribution in [1.29, 1.82) is 0 Å². The molecule has 4 heterocycles. The SMILES string of the molecule is CC1(C)O[C@H]2O[C@H]3[C@H](OCc4cnnn4[C@H]3CO[Si](C)(C)C(C)(C)C)[C@H]2O1. The largest absolute Gasteiger partial charge is 0.415 e. The van der Waals surface area contributed by atoms with Crippen molar-refractivity contribution in [2.24, 2.45) is 0 Å². The van der Waals surface area contributed by atoms with Gasteiger partial charge in [0.15, 0.2) is 20.4 Å². The Balaban J connectivity index is 1.59. The summed E-state index contributed by atoms with van der Waals surface area (Å²) >= 11 is 0. The third kappa shape index (κ3) is 3.38. The molecule has 3 aliphatic rings. The van der Waals surface area contributed by atoms with Gasteiger partial charge in [0, 0.05) is 0 Å². The minimum absolute atomic E-state index is 0.127. The van der Waals surface area contributed by atoms with Crippen molar-refractivity contribution in [3.8, 4) is 0 Å². The Labute approximate surface area is 161 Å². The van der Waals surface area contributed by atoms with Crippen molar-refractivity contribution in [2.75, 3.05) is 6.61 Å². The number of rotatable bonds is 3. The van der Waals surface area contributed by atoms with Gasteiger partial charge in [-0.15, -0.1) is 5.10 Å². The summed E-state index contributed by atoms with van der Waals surface area (Å²) in [6.07, 6.45) is 0.567. The summed E-state index contributed by atoms with van der Waals surface area (Å²) in [5, 5.41) is 8.50. The van der Waals surface area contributed by atoms with Gasteiger partial charge in [-0.25, -0.2) is 4.68 Å². The molecule has 0 bridgehead atoms. The predicted octanol–water partition coefficient (Wildman–Crippen LogP) is 2.62. The van der Waals surface area contributed by atoms with Crippen LogP contribution in [-0.4, -0.2) is 60.3 Å². The Kier molecular flexibility index (Phi) is 4.57. The van der Waals surface area contributed by atoms with Crippen LogP contribution in [0, 0.1) is 0 Å². The highest BCUT2D eigenvalue weighted by molar-refractivity contribution is 6.74. The number of hydrogen-bond acceptors (Lipinski definition) is 7. The molecule has 1 aromatic heterocycles. The van der Waals surface area contributed by atoms with Crippen molar-refractivity contribution >= 4 is 8.32 Å². The Morgan fingerprint density at radius 3 is 2.67 bits per heavy atom. The normalized spacial score (nSPS) is 35.4. The molecule has 0 saturated carbocycles. The van der Waals surface area contributed by atoms with Gasteiger partial charge in [-0.1, -0.05) is 26.0 Å². The number of aromatic nitrogens is 3. The quantitative estimate of drug-likeness (QED) is 0.726. The zero-order valence-corrected chi connectivity index (χ0v) is 18.3. The number of hydrogen-bond donors (Lipinski definition) is 0. The van der Waals surface area contributed by atoms with Gasteiger partial charge in [-0.2, -0.15) is 0 Å². The Morgan fingerprint density at radius 2 is 1.96 bits per heavy atom. The molecule has 5 atom stereocenters. The fourth-order valence-electron chi connectivity index (χ4n) is 3.65. The van der Waals surface area contributed by atoms with Crippen LogP contribution in [0.3, 0.4) is 0 Å². The van der Waals surface area contributed by atoms with Crippen LogP contribution < -0.4 is 0 Å². The molecule has 4 rings (SSSR count). The fourth-order valence-corrected chi connectivity index (χ4v) is 4.67. The van der Waals surface area contributed by atoms with E-state index in [-0.39, 0.29) is 29.4 Å². The van der Waals surface area contributed by atoms with Crippen molar-refractivity contribution in [2.45, 2.75) is 95.8 Å². The summed E-state index contributed by atoms with van der Waals surface area (Å²) in [7, 11) is -1.92. The average Bonchev–Trinajstić information content (AvgIpc) is 3.15. The van der Waals surface area contributed by atoms with Crippen molar-refractivity contribution in [3.05, 3.63) is 11.9 Å². The van der Waals surface area contributed by atoms with Gasteiger partial charge in [0.05, 0.1) is 25.1 Å². The molecule has 3 aliphatic heterocycles. The van der Waals surface area contributed by atoms with E-state index in [1.165, 1.54) is 0 Å². The number of ether oxygens (including phenoxy) is 4. The van der Waals surface area contributed by atoms with E-state index in [9.17, 15) is 0 Å². The van der Waals surface area contributed by atoms with E-state index < -0.39 is 20.4 Å². The average molecular weight is 398 g/mol. The molecule has 0 spiro atoms. The number of fused-ring (bicyclic) bond motifs is 4. The van der Waals surface area contributed by atoms with E-state index in [1.807, 2.05) is 18.5 Å². The molecule has 1 aromatic rings. The second-order valence-electron chi connectivity index (χ2n) is 9.65. The molecule has 0 aromatic carbocycles. The summed E-state index contributed by atoms with van der Waals surface area (Å²) in [5.74, 6) is -0.668. The van der Waals surface area contributed by atoms with Gasteiger partial charge >= 0.3 is 0 Å². The predicted molar refractivity (Wildman–Crippen MR) is 99.5 cm³/mol. The summed E-state index contributed by atoms with van der Waals surface area (Å²) in [6, 6.07) is -0.134. The first-order valence-electron chi connectivity index (χ1n) is 9.64. The van der Waals surface area contributed by atoms with Crippen LogP contribution in [0.2, 0.25) is 18.1 Å². The van der Waals surface area contributed by atoms with Gasteiger partial charge in [-0.05, 0) is 32.0 Å². The smallest absolute Gasteiger partial charge is 0.192 e. The molecule has 0 unspecified atom stereocenters. The lowest BCUT2D eigenvalue weighted by atomic mass is 10.0. The third-order valence-electron chi connectivity index (χ3n) is 6.21. The highest BCUT2D eigenvalue weighted by Gasteiger charge is 2.58. The molecule has 2 saturated heterocycles. The Bertz CT molecular complexity index is 701. The molecule has 27 heavy (non-hydrogen) atoms. The first-order valence-corrected chi connectivity index (χ1v) is 12.6. The molecule has 0 N–H and O–H groups in total. The summed E-state index contributed by atoms with van der Waals surface area (Å²) in [5.41, 5.74) is 0.923. The summed E-state index contributed by atoms with van der Waals surface area (Å²) in [4.78, 5) is 0. The maximum atomic E-state index is 6.52. The van der Waals surface area contributed by atoms with Crippen LogP contribution in [0.5, 0.6) is 0 Å². The molecular weight excluding hydrogens is 366 g/mol. The van der Waals surface area contributed by atoms with E-state index >= 15 is 0 Å². The topological polar surface area (TPSA) is 76.9 Å². The van der Waals surface area contributed by atoms with Crippen LogP contribution in [0.15, 0.2) is 6.20 Å². The second-order valence-corrected chi connectivity index (χ2v) is 14.5. The first kappa shape index (κ1) is 19.5. The molecule has 2 fully saturated rings. The van der Waals surface area contributed by atoms with Gasteiger partial charge in [0.1, 0.15) is 24.4 Å². The van der Waals surface area contributed by atoms with Crippen LogP contribution in [0.1, 0.15) is 46.4 Å². The maximum absolute atomic E-state index is 6.52. The first-order chi connectivity index (χ1) is 12.5. The molecule has 152 valence electrons. The molecule has 0 radical (unpaired) electrons. The lowest BCUT2D eigenvalue weighted by molar-refractivity contribution is -0.223.